The molecule has 1 unspecified atom stereocenters. The van der Waals surface area contributed by atoms with Gasteiger partial charge in [0.15, 0.2) is 0 Å². The number of nitrogens with zero attached hydrogens (tertiary/aromatic N) is 1. The maximum absolute atomic E-state index is 12.3. The number of amides is 1. The standard InChI is InChI=1S/C16H23NO3/c1-12(13-7-3-4-8-14(13)18)17(2)15(19)11-16(20)9-5-6-10-16/h3-4,7-8,12,18,20H,5-6,9-11H2,1-2H3. The Hall–Kier alpha value is -1.55. The quantitative estimate of drug-likeness (QED) is 0.889. The summed E-state index contributed by atoms with van der Waals surface area (Å²) in [6.07, 6.45) is 3.56. The van der Waals surface area contributed by atoms with Crippen molar-refractivity contribution in [3.05, 3.63) is 29.8 Å². The molecule has 4 heteroatoms. The van der Waals surface area contributed by atoms with E-state index in [0.717, 1.165) is 18.4 Å². The number of carbonyl (C=O) groups is 1. The first-order valence-electron chi connectivity index (χ1n) is 7.19. The van der Waals surface area contributed by atoms with Crippen molar-refractivity contribution in [2.24, 2.45) is 0 Å². The highest BCUT2D eigenvalue weighted by molar-refractivity contribution is 5.77. The van der Waals surface area contributed by atoms with Crippen molar-refractivity contribution >= 4 is 5.91 Å². The Morgan fingerprint density at radius 2 is 1.95 bits per heavy atom. The normalized spacial score (nSPS) is 18.8. The van der Waals surface area contributed by atoms with Crippen molar-refractivity contribution in [2.45, 2.75) is 50.7 Å². The monoisotopic (exact) mass is 277 g/mol. The summed E-state index contributed by atoms with van der Waals surface area (Å²) in [7, 11) is 1.72. The van der Waals surface area contributed by atoms with E-state index >= 15 is 0 Å². The first-order chi connectivity index (χ1) is 9.43. The van der Waals surface area contributed by atoms with E-state index in [9.17, 15) is 15.0 Å². The lowest BCUT2D eigenvalue weighted by molar-refractivity contribution is -0.136. The van der Waals surface area contributed by atoms with Crippen LogP contribution in [0.5, 0.6) is 5.75 Å². The Balaban J connectivity index is 2.05. The molecule has 0 saturated heterocycles. The van der Waals surface area contributed by atoms with E-state index in [-0.39, 0.29) is 24.1 Å². The van der Waals surface area contributed by atoms with Crippen LogP contribution < -0.4 is 0 Å². The van der Waals surface area contributed by atoms with Gasteiger partial charge in [-0.1, -0.05) is 31.0 Å². The summed E-state index contributed by atoms with van der Waals surface area (Å²) in [5, 5.41) is 20.2. The predicted molar refractivity (Wildman–Crippen MR) is 77.3 cm³/mol. The molecule has 110 valence electrons. The van der Waals surface area contributed by atoms with Gasteiger partial charge in [0, 0.05) is 12.6 Å². The van der Waals surface area contributed by atoms with Gasteiger partial charge in [0.1, 0.15) is 5.75 Å². The molecule has 1 amide bonds. The second-order valence-corrected chi connectivity index (χ2v) is 5.85. The number of para-hydroxylation sites is 1. The maximum Gasteiger partial charge on any atom is 0.225 e. The molecule has 0 heterocycles. The van der Waals surface area contributed by atoms with Crippen LogP contribution in [0, 0.1) is 0 Å². The molecule has 2 rings (SSSR count). The molecular formula is C16H23NO3. The predicted octanol–water partition coefficient (Wildman–Crippen LogP) is 2.61. The summed E-state index contributed by atoms with van der Waals surface area (Å²) in [5.41, 5.74) is -0.106. The zero-order valence-electron chi connectivity index (χ0n) is 12.2. The van der Waals surface area contributed by atoms with Crippen LogP contribution in [0.15, 0.2) is 24.3 Å². The Kier molecular flexibility index (Phi) is 4.33. The van der Waals surface area contributed by atoms with Crippen LogP contribution in [0.25, 0.3) is 0 Å². The lowest BCUT2D eigenvalue weighted by Crippen LogP contribution is -2.37. The topological polar surface area (TPSA) is 60.8 Å². The number of benzene rings is 1. The third-order valence-corrected chi connectivity index (χ3v) is 4.38. The van der Waals surface area contributed by atoms with Gasteiger partial charge in [0.05, 0.1) is 18.1 Å². The Bertz CT molecular complexity index is 480. The zero-order chi connectivity index (χ0) is 14.8. The van der Waals surface area contributed by atoms with E-state index in [1.165, 1.54) is 0 Å². The van der Waals surface area contributed by atoms with Gasteiger partial charge >= 0.3 is 0 Å². The molecule has 1 aromatic rings. The number of aliphatic hydroxyl groups is 1. The van der Waals surface area contributed by atoms with Crippen LogP contribution in [0.4, 0.5) is 0 Å². The highest BCUT2D eigenvalue weighted by Crippen LogP contribution is 2.34. The minimum atomic E-state index is -0.830. The molecule has 4 nitrogen and oxygen atoms in total. The van der Waals surface area contributed by atoms with Crippen molar-refractivity contribution < 1.29 is 15.0 Å². The first-order valence-corrected chi connectivity index (χ1v) is 7.19. The average molecular weight is 277 g/mol. The number of rotatable bonds is 4. The fourth-order valence-corrected chi connectivity index (χ4v) is 2.88. The molecule has 1 aliphatic carbocycles. The minimum absolute atomic E-state index is 0.0786. The van der Waals surface area contributed by atoms with E-state index < -0.39 is 5.60 Å². The summed E-state index contributed by atoms with van der Waals surface area (Å²) in [4.78, 5) is 13.9. The van der Waals surface area contributed by atoms with Crippen molar-refractivity contribution in [3.63, 3.8) is 0 Å². The summed E-state index contributed by atoms with van der Waals surface area (Å²) < 4.78 is 0. The molecule has 1 aromatic carbocycles. The molecular weight excluding hydrogens is 254 g/mol. The Morgan fingerprint density at radius 3 is 2.55 bits per heavy atom. The van der Waals surface area contributed by atoms with Crippen LogP contribution in [-0.4, -0.2) is 33.7 Å². The number of aromatic hydroxyl groups is 1. The van der Waals surface area contributed by atoms with Crippen molar-refractivity contribution in [1.29, 1.82) is 0 Å². The second kappa shape index (κ2) is 5.83. The highest BCUT2D eigenvalue weighted by Gasteiger charge is 2.35. The van der Waals surface area contributed by atoms with Crippen molar-refractivity contribution in [1.82, 2.24) is 4.90 Å². The SMILES string of the molecule is CC(c1ccccc1O)N(C)C(=O)CC1(O)CCCC1. The van der Waals surface area contributed by atoms with Crippen molar-refractivity contribution in [2.75, 3.05) is 7.05 Å². The fraction of sp³-hybridized carbons (Fsp3) is 0.562. The molecule has 2 N–H and O–H groups in total. The fourth-order valence-electron chi connectivity index (χ4n) is 2.88. The lowest BCUT2D eigenvalue weighted by Gasteiger charge is -2.29. The van der Waals surface area contributed by atoms with Crippen LogP contribution in [0.1, 0.15) is 50.6 Å². The van der Waals surface area contributed by atoms with E-state index in [1.54, 1.807) is 24.1 Å². The van der Waals surface area contributed by atoms with E-state index in [0.29, 0.717) is 12.8 Å². The summed E-state index contributed by atoms with van der Waals surface area (Å²) in [5.74, 6) is 0.115. The van der Waals surface area contributed by atoms with Gasteiger partial charge in [-0.2, -0.15) is 0 Å². The van der Waals surface area contributed by atoms with Gasteiger partial charge in [-0.05, 0) is 25.8 Å². The van der Waals surface area contributed by atoms with E-state index in [4.69, 9.17) is 0 Å². The number of carbonyl (C=O) groups excluding carboxylic acids is 1. The molecule has 1 saturated carbocycles. The highest BCUT2D eigenvalue weighted by atomic mass is 16.3. The van der Waals surface area contributed by atoms with Gasteiger partial charge < -0.3 is 15.1 Å². The lowest BCUT2D eigenvalue weighted by atomic mass is 9.96. The van der Waals surface area contributed by atoms with Gasteiger partial charge in [0.2, 0.25) is 5.91 Å². The van der Waals surface area contributed by atoms with Crippen LogP contribution >= 0.6 is 0 Å². The summed E-state index contributed by atoms with van der Waals surface area (Å²) in [6.45, 7) is 1.88. The number of phenolic OH excluding ortho intramolecular Hbond substituents is 1. The molecule has 1 fully saturated rings. The smallest absolute Gasteiger partial charge is 0.225 e. The third-order valence-electron chi connectivity index (χ3n) is 4.38. The summed E-state index contributed by atoms with van der Waals surface area (Å²) >= 11 is 0. The third kappa shape index (κ3) is 3.12. The average Bonchev–Trinajstić information content (AvgIpc) is 2.84. The number of phenols is 1. The molecule has 0 radical (unpaired) electrons. The van der Waals surface area contributed by atoms with Crippen LogP contribution in [0.2, 0.25) is 0 Å². The van der Waals surface area contributed by atoms with Gasteiger partial charge in [0.25, 0.3) is 0 Å². The second-order valence-electron chi connectivity index (χ2n) is 5.85. The maximum atomic E-state index is 12.3. The van der Waals surface area contributed by atoms with Gasteiger partial charge in [-0.25, -0.2) is 0 Å². The van der Waals surface area contributed by atoms with Crippen molar-refractivity contribution in [3.8, 4) is 5.75 Å². The van der Waals surface area contributed by atoms with E-state index in [1.807, 2.05) is 19.1 Å². The van der Waals surface area contributed by atoms with E-state index in [2.05, 4.69) is 0 Å². The molecule has 20 heavy (non-hydrogen) atoms. The molecule has 0 aliphatic heterocycles. The van der Waals surface area contributed by atoms with Gasteiger partial charge in [-0.3, -0.25) is 4.79 Å². The summed E-state index contributed by atoms with van der Waals surface area (Å²) in [6, 6.07) is 6.82. The number of hydrogen-bond donors (Lipinski definition) is 2. The van der Waals surface area contributed by atoms with Crippen LogP contribution in [0.3, 0.4) is 0 Å². The minimum Gasteiger partial charge on any atom is -0.508 e. The number of hydrogen-bond acceptors (Lipinski definition) is 3. The first kappa shape index (κ1) is 14.9. The Labute approximate surface area is 120 Å². The van der Waals surface area contributed by atoms with Gasteiger partial charge in [-0.15, -0.1) is 0 Å². The molecule has 1 aliphatic rings. The molecule has 0 bridgehead atoms. The zero-order valence-corrected chi connectivity index (χ0v) is 12.2. The largest absolute Gasteiger partial charge is 0.508 e. The molecule has 1 atom stereocenters. The Morgan fingerprint density at radius 1 is 1.35 bits per heavy atom. The molecule has 0 spiro atoms. The van der Waals surface area contributed by atoms with Crippen LogP contribution in [-0.2, 0) is 4.79 Å². The molecule has 0 aromatic heterocycles.